The Hall–Kier alpha value is -2.26. The quantitative estimate of drug-likeness (QED) is 0.553. The number of hydrogen-bond donors (Lipinski definition) is 1. The maximum absolute atomic E-state index is 12.1. The monoisotopic (exact) mass is 391 g/mol. The van der Waals surface area contributed by atoms with Gasteiger partial charge in [-0.25, -0.2) is 9.48 Å². The highest BCUT2D eigenvalue weighted by Gasteiger charge is 2.26. The number of halogens is 4. The minimum Gasteiger partial charge on any atom is -0.488 e. The largest absolute Gasteiger partial charge is 0.488 e. The Morgan fingerprint density at radius 2 is 2.08 bits per heavy atom. The maximum Gasteiger partial charge on any atom is 0.401 e. The molecule has 2 aromatic rings. The number of aromatic nitrogens is 2. The highest BCUT2D eigenvalue weighted by molar-refractivity contribution is 6.32. The van der Waals surface area contributed by atoms with Gasteiger partial charge in [0, 0.05) is 6.54 Å². The Morgan fingerprint density at radius 3 is 2.73 bits per heavy atom. The lowest BCUT2D eigenvalue weighted by Gasteiger charge is -2.09. The second-order valence-corrected chi connectivity index (χ2v) is 5.51. The van der Waals surface area contributed by atoms with Crippen LogP contribution in [0.1, 0.15) is 17.4 Å². The van der Waals surface area contributed by atoms with Crippen molar-refractivity contribution in [3.8, 4) is 11.4 Å². The molecule has 1 heterocycles. The molecular weight excluding hydrogens is 375 g/mol. The van der Waals surface area contributed by atoms with Crippen molar-refractivity contribution in [2.24, 2.45) is 0 Å². The number of ether oxygens (including phenoxy) is 2. The van der Waals surface area contributed by atoms with Crippen LogP contribution in [0, 0.1) is 0 Å². The van der Waals surface area contributed by atoms with E-state index in [1.807, 2.05) is 0 Å². The maximum atomic E-state index is 12.1. The lowest BCUT2D eigenvalue weighted by Crippen LogP contribution is -2.31. The highest BCUT2D eigenvalue weighted by Crippen LogP contribution is 2.25. The van der Waals surface area contributed by atoms with Gasteiger partial charge in [-0.3, -0.25) is 0 Å². The second-order valence-electron chi connectivity index (χ2n) is 5.10. The van der Waals surface area contributed by atoms with Crippen LogP contribution >= 0.6 is 11.6 Å². The van der Waals surface area contributed by atoms with Crippen molar-refractivity contribution in [2.75, 3.05) is 26.3 Å². The molecule has 0 fully saturated rings. The van der Waals surface area contributed by atoms with Crippen LogP contribution in [0.25, 0.3) is 5.69 Å². The average molecular weight is 392 g/mol. The van der Waals surface area contributed by atoms with Gasteiger partial charge in [-0.15, -0.1) is 0 Å². The van der Waals surface area contributed by atoms with E-state index in [-0.39, 0.29) is 31.2 Å². The van der Waals surface area contributed by atoms with Gasteiger partial charge >= 0.3 is 12.1 Å². The lowest BCUT2D eigenvalue weighted by molar-refractivity contribution is -0.124. The summed E-state index contributed by atoms with van der Waals surface area (Å²) in [6.45, 7) is 0.518. The van der Waals surface area contributed by atoms with E-state index in [9.17, 15) is 18.0 Å². The van der Waals surface area contributed by atoms with Crippen LogP contribution < -0.4 is 10.1 Å². The highest BCUT2D eigenvalue weighted by atomic mass is 35.5. The topological polar surface area (TPSA) is 65.4 Å². The first kappa shape index (κ1) is 20.1. The van der Waals surface area contributed by atoms with Crippen LogP contribution in [-0.4, -0.2) is 48.2 Å². The molecule has 6 nitrogen and oxygen atoms in total. The van der Waals surface area contributed by atoms with Crippen molar-refractivity contribution >= 4 is 17.6 Å². The summed E-state index contributed by atoms with van der Waals surface area (Å²) < 4.78 is 48.0. The molecule has 0 unspecified atom stereocenters. The Kier molecular flexibility index (Phi) is 6.87. The molecule has 0 saturated carbocycles. The molecule has 1 aromatic heterocycles. The molecule has 0 aliphatic rings. The number of carbonyl (C=O) groups excluding carboxylic acids is 1. The fraction of sp³-hybridized carbons (Fsp3) is 0.375. The number of alkyl halides is 3. The molecule has 142 valence electrons. The van der Waals surface area contributed by atoms with E-state index in [4.69, 9.17) is 21.1 Å². The Bertz CT molecular complexity index is 750. The van der Waals surface area contributed by atoms with E-state index in [0.717, 1.165) is 0 Å². The minimum atomic E-state index is -4.30. The number of carbonyl (C=O) groups is 1. The molecule has 0 radical (unpaired) electrons. The molecule has 10 heteroatoms. The number of para-hydroxylation sites is 1. The van der Waals surface area contributed by atoms with E-state index >= 15 is 0 Å². The van der Waals surface area contributed by atoms with Crippen LogP contribution in [0.15, 0.2) is 30.5 Å². The Labute approximate surface area is 152 Å². The predicted molar refractivity (Wildman–Crippen MR) is 89.0 cm³/mol. The fourth-order valence-electron chi connectivity index (χ4n) is 2.03. The normalized spacial score (nSPS) is 11.4. The van der Waals surface area contributed by atoms with Crippen molar-refractivity contribution in [3.63, 3.8) is 0 Å². The first-order valence-corrected chi connectivity index (χ1v) is 8.11. The van der Waals surface area contributed by atoms with Gasteiger partial charge in [-0.1, -0.05) is 23.7 Å². The van der Waals surface area contributed by atoms with Gasteiger partial charge in [0.25, 0.3) is 0 Å². The zero-order chi connectivity index (χ0) is 19.2. The summed E-state index contributed by atoms with van der Waals surface area (Å²) in [6.07, 6.45) is -2.87. The first-order chi connectivity index (χ1) is 12.3. The van der Waals surface area contributed by atoms with E-state index in [1.54, 1.807) is 31.2 Å². The zero-order valence-electron chi connectivity index (χ0n) is 13.8. The molecule has 1 aromatic carbocycles. The zero-order valence-corrected chi connectivity index (χ0v) is 14.6. The molecular formula is C16H17ClF3N3O3. The molecule has 2 rings (SSSR count). The summed E-state index contributed by atoms with van der Waals surface area (Å²) >= 11 is 6.12. The molecule has 0 amide bonds. The standard InChI is InChI=1S/C16H17ClF3N3O3/c1-2-25-15(24)14-13(26-8-7-21-10-16(18,19)20)9-23(22-14)12-6-4-3-5-11(12)17/h3-6,9,21H,2,7-8,10H2,1H3. The molecule has 0 atom stereocenters. The van der Waals surface area contributed by atoms with E-state index < -0.39 is 18.7 Å². The number of nitrogens with zero attached hydrogens (tertiary/aromatic N) is 2. The van der Waals surface area contributed by atoms with Crippen LogP contribution in [0.2, 0.25) is 5.02 Å². The second kappa shape index (κ2) is 8.91. The van der Waals surface area contributed by atoms with Gasteiger partial charge in [-0.2, -0.15) is 18.3 Å². The smallest absolute Gasteiger partial charge is 0.401 e. The summed E-state index contributed by atoms with van der Waals surface area (Å²) in [4.78, 5) is 12.0. The number of benzene rings is 1. The van der Waals surface area contributed by atoms with Crippen LogP contribution in [0.3, 0.4) is 0 Å². The molecule has 0 bridgehead atoms. The van der Waals surface area contributed by atoms with Crippen LogP contribution in [0.4, 0.5) is 13.2 Å². The molecule has 0 spiro atoms. The van der Waals surface area contributed by atoms with E-state index in [1.165, 1.54) is 10.9 Å². The number of rotatable bonds is 8. The lowest BCUT2D eigenvalue weighted by atomic mass is 10.3. The van der Waals surface area contributed by atoms with Crippen LogP contribution in [-0.2, 0) is 4.74 Å². The van der Waals surface area contributed by atoms with Crippen molar-refractivity contribution in [1.29, 1.82) is 0 Å². The van der Waals surface area contributed by atoms with Crippen molar-refractivity contribution in [1.82, 2.24) is 15.1 Å². The van der Waals surface area contributed by atoms with Crippen molar-refractivity contribution < 1.29 is 27.4 Å². The third-order valence-corrected chi connectivity index (χ3v) is 3.43. The number of esters is 1. The third-order valence-electron chi connectivity index (χ3n) is 3.11. The van der Waals surface area contributed by atoms with E-state index in [2.05, 4.69) is 10.4 Å². The summed E-state index contributed by atoms with van der Waals surface area (Å²) in [5, 5.41) is 6.74. The predicted octanol–water partition coefficient (Wildman–Crippen LogP) is 3.23. The van der Waals surface area contributed by atoms with E-state index in [0.29, 0.717) is 10.7 Å². The molecule has 0 saturated heterocycles. The minimum absolute atomic E-state index is 0.0565. The summed E-state index contributed by atoms with van der Waals surface area (Å²) in [5.41, 5.74) is 0.437. The average Bonchev–Trinajstić information content (AvgIpc) is 2.98. The van der Waals surface area contributed by atoms with Gasteiger partial charge in [-0.05, 0) is 19.1 Å². The summed E-state index contributed by atoms with van der Waals surface area (Å²) in [7, 11) is 0. The number of hydrogen-bond acceptors (Lipinski definition) is 5. The van der Waals surface area contributed by atoms with Crippen molar-refractivity contribution in [2.45, 2.75) is 13.1 Å². The van der Waals surface area contributed by atoms with Crippen LogP contribution in [0.5, 0.6) is 5.75 Å². The molecule has 26 heavy (non-hydrogen) atoms. The molecule has 0 aliphatic heterocycles. The first-order valence-electron chi connectivity index (χ1n) is 7.73. The summed E-state index contributed by atoms with van der Waals surface area (Å²) in [5.74, 6) is -0.603. The molecule has 0 aliphatic carbocycles. The molecule has 1 N–H and O–H groups in total. The number of nitrogens with one attached hydrogen (secondary N) is 1. The van der Waals surface area contributed by atoms with Gasteiger partial charge in [0.15, 0.2) is 5.75 Å². The van der Waals surface area contributed by atoms with Gasteiger partial charge < -0.3 is 14.8 Å². The van der Waals surface area contributed by atoms with Gasteiger partial charge in [0.1, 0.15) is 6.61 Å². The third kappa shape index (κ3) is 5.63. The SMILES string of the molecule is CCOC(=O)c1nn(-c2ccccc2Cl)cc1OCCNCC(F)(F)F. The van der Waals surface area contributed by atoms with Crippen molar-refractivity contribution in [3.05, 3.63) is 41.2 Å². The van der Waals surface area contributed by atoms with Gasteiger partial charge in [0.2, 0.25) is 5.69 Å². The van der Waals surface area contributed by atoms with Gasteiger partial charge in [0.05, 0.1) is 30.1 Å². The Morgan fingerprint density at radius 1 is 1.35 bits per heavy atom. The Balaban J connectivity index is 2.13. The summed E-state index contributed by atoms with van der Waals surface area (Å²) in [6, 6.07) is 6.84. The fourth-order valence-corrected chi connectivity index (χ4v) is 2.25.